The van der Waals surface area contributed by atoms with Crippen LogP contribution in [-0.4, -0.2) is 19.3 Å². The third kappa shape index (κ3) is 2.67. The number of hydrogen-bond acceptors (Lipinski definition) is 3. The van der Waals surface area contributed by atoms with Gasteiger partial charge in [0.15, 0.2) is 0 Å². The molecule has 21 heavy (non-hydrogen) atoms. The SMILES string of the molecule is CCCC1OC2(c3ccc(Br)cc3)OCC1(CCC)CO2. The predicted molar refractivity (Wildman–Crippen MR) is 84.8 cm³/mol. The summed E-state index contributed by atoms with van der Waals surface area (Å²) in [4.78, 5) is 0. The Morgan fingerprint density at radius 3 is 2.33 bits per heavy atom. The van der Waals surface area contributed by atoms with E-state index in [2.05, 4.69) is 29.8 Å². The minimum atomic E-state index is -1.00. The highest BCUT2D eigenvalue weighted by Gasteiger charge is 2.58. The van der Waals surface area contributed by atoms with E-state index < -0.39 is 5.97 Å². The second-order valence-electron chi connectivity index (χ2n) is 6.15. The summed E-state index contributed by atoms with van der Waals surface area (Å²) in [5, 5.41) is 0. The van der Waals surface area contributed by atoms with Crippen molar-refractivity contribution in [2.24, 2.45) is 5.41 Å². The highest BCUT2D eigenvalue weighted by Crippen LogP contribution is 2.51. The van der Waals surface area contributed by atoms with Crippen molar-refractivity contribution in [3.8, 4) is 0 Å². The lowest BCUT2D eigenvalue weighted by molar-refractivity contribution is -0.501. The van der Waals surface area contributed by atoms with Crippen LogP contribution in [0.1, 0.15) is 45.1 Å². The molecule has 116 valence electrons. The molecule has 3 aliphatic rings. The maximum absolute atomic E-state index is 6.34. The van der Waals surface area contributed by atoms with Crippen LogP contribution in [0.5, 0.6) is 0 Å². The Labute approximate surface area is 135 Å². The molecule has 0 saturated carbocycles. The summed E-state index contributed by atoms with van der Waals surface area (Å²) in [5.41, 5.74) is 0.971. The van der Waals surface area contributed by atoms with Crippen molar-refractivity contribution in [2.75, 3.05) is 13.2 Å². The zero-order valence-corrected chi connectivity index (χ0v) is 14.3. The predicted octanol–water partition coefficient (Wildman–Crippen LogP) is 4.59. The maximum Gasteiger partial charge on any atom is 0.312 e. The molecule has 3 heterocycles. The van der Waals surface area contributed by atoms with Crippen LogP contribution < -0.4 is 0 Å². The van der Waals surface area contributed by atoms with Crippen molar-refractivity contribution in [1.29, 1.82) is 0 Å². The minimum Gasteiger partial charge on any atom is -0.323 e. The molecule has 0 N–H and O–H groups in total. The molecule has 1 atom stereocenters. The number of benzene rings is 1. The summed E-state index contributed by atoms with van der Waals surface area (Å²) >= 11 is 3.46. The van der Waals surface area contributed by atoms with Gasteiger partial charge in [-0.3, -0.25) is 0 Å². The van der Waals surface area contributed by atoms with Crippen LogP contribution in [0.25, 0.3) is 0 Å². The Bertz CT molecular complexity index is 477. The smallest absolute Gasteiger partial charge is 0.312 e. The molecular formula is C17H23BrO3. The fourth-order valence-electron chi connectivity index (χ4n) is 3.45. The van der Waals surface area contributed by atoms with Crippen molar-refractivity contribution >= 4 is 15.9 Å². The second-order valence-corrected chi connectivity index (χ2v) is 7.06. The quantitative estimate of drug-likeness (QED) is 0.773. The zero-order chi connectivity index (χ0) is 14.9. The molecule has 0 amide bonds. The Kier molecular flexibility index (Phi) is 4.42. The first-order valence-corrected chi connectivity index (χ1v) is 8.65. The van der Waals surface area contributed by atoms with E-state index >= 15 is 0 Å². The number of halogens is 1. The van der Waals surface area contributed by atoms with Crippen molar-refractivity contribution in [2.45, 2.75) is 51.6 Å². The normalized spacial score (nSPS) is 35.1. The fourth-order valence-corrected chi connectivity index (χ4v) is 3.71. The van der Waals surface area contributed by atoms with Crippen LogP contribution in [0.2, 0.25) is 0 Å². The maximum atomic E-state index is 6.34. The van der Waals surface area contributed by atoms with Crippen LogP contribution in [0.15, 0.2) is 28.7 Å². The Morgan fingerprint density at radius 1 is 1.10 bits per heavy atom. The average molecular weight is 355 g/mol. The third-order valence-corrected chi connectivity index (χ3v) is 5.10. The van der Waals surface area contributed by atoms with Gasteiger partial charge in [0.2, 0.25) is 0 Å². The van der Waals surface area contributed by atoms with Crippen LogP contribution >= 0.6 is 15.9 Å². The average Bonchev–Trinajstić information content (AvgIpc) is 2.50. The van der Waals surface area contributed by atoms with E-state index in [1.807, 2.05) is 24.3 Å². The summed E-state index contributed by atoms with van der Waals surface area (Å²) in [6.45, 7) is 5.87. The highest BCUT2D eigenvalue weighted by atomic mass is 79.9. The molecule has 3 fully saturated rings. The summed E-state index contributed by atoms with van der Waals surface area (Å²) in [6.07, 6.45) is 4.61. The number of hydrogen-bond donors (Lipinski definition) is 0. The van der Waals surface area contributed by atoms with Crippen LogP contribution in [0.4, 0.5) is 0 Å². The van der Waals surface area contributed by atoms with Crippen LogP contribution in [0.3, 0.4) is 0 Å². The Balaban J connectivity index is 1.88. The van der Waals surface area contributed by atoms with E-state index in [4.69, 9.17) is 14.2 Å². The van der Waals surface area contributed by atoms with Gasteiger partial charge in [-0.15, -0.1) is 0 Å². The van der Waals surface area contributed by atoms with Gasteiger partial charge in [-0.1, -0.05) is 42.6 Å². The molecule has 3 aliphatic heterocycles. The molecule has 4 rings (SSSR count). The van der Waals surface area contributed by atoms with Crippen molar-refractivity contribution in [3.05, 3.63) is 34.3 Å². The number of fused-ring (bicyclic) bond motifs is 3. The van der Waals surface area contributed by atoms with Gasteiger partial charge >= 0.3 is 5.97 Å². The molecular weight excluding hydrogens is 332 g/mol. The van der Waals surface area contributed by atoms with Crippen molar-refractivity contribution in [1.82, 2.24) is 0 Å². The zero-order valence-electron chi connectivity index (χ0n) is 12.7. The lowest BCUT2D eigenvalue weighted by Crippen LogP contribution is -2.63. The van der Waals surface area contributed by atoms with Gasteiger partial charge in [0.25, 0.3) is 0 Å². The summed E-state index contributed by atoms with van der Waals surface area (Å²) in [6, 6.07) is 8.01. The van der Waals surface area contributed by atoms with Gasteiger partial charge in [-0.2, -0.15) is 0 Å². The fraction of sp³-hybridized carbons (Fsp3) is 0.647. The van der Waals surface area contributed by atoms with Gasteiger partial charge in [-0.05, 0) is 37.1 Å². The van der Waals surface area contributed by atoms with Crippen molar-refractivity contribution in [3.63, 3.8) is 0 Å². The first kappa shape index (κ1) is 15.5. The van der Waals surface area contributed by atoms with Gasteiger partial charge in [0.05, 0.1) is 19.3 Å². The highest BCUT2D eigenvalue weighted by molar-refractivity contribution is 9.10. The molecule has 4 heteroatoms. The molecule has 0 aliphatic carbocycles. The topological polar surface area (TPSA) is 27.7 Å². The first-order chi connectivity index (χ1) is 10.1. The summed E-state index contributed by atoms with van der Waals surface area (Å²) < 4.78 is 19.5. The Morgan fingerprint density at radius 2 is 1.76 bits per heavy atom. The van der Waals surface area contributed by atoms with Crippen LogP contribution in [0, 0.1) is 5.41 Å². The van der Waals surface area contributed by atoms with E-state index in [1.165, 1.54) is 0 Å². The van der Waals surface area contributed by atoms with E-state index in [0.717, 1.165) is 48.9 Å². The third-order valence-electron chi connectivity index (χ3n) is 4.58. The Hall–Kier alpha value is -0.420. The molecule has 0 aromatic heterocycles. The summed E-state index contributed by atoms with van der Waals surface area (Å²) in [5.74, 6) is -1.00. The van der Waals surface area contributed by atoms with E-state index in [-0.39, 0.29) is 11.5 Å². The molecule has 1 aromatic carbocycles. The lowest BCUT2D eigenvalue weighted by Gasteiger charge is -2.56. The number of ether oxygens (including phenoxy) is 3. The molecule has 0 radical (unpaired) electrons. The van der Waals surface area contributed by atoms with Crippen molar-refractivity contribution < 1.29 is 14.2 Å². The lowest BCUT2D eigenvalue weighted by atomic mass is 9.75. The largest absolute Gasteiger partial charge is 0.323 e. The van der Waals surface area contributed by atoms with E-state index in [9.17, 15) is 0 Å². The van der Waals surface area contributed by atoms with Gasteiger partial charge in [0, 0.05) is 15.5 Å². The molecule has 0 spiro atoms. The first-order valence-electron chi connectivity index (χ1n) is 7.86. The minimum absolute atomic E-state index is 0.0296. The molecule has 1 unspecified atom stereocenters. The van der Waals surface area contributed by atoms with Gasteiger partial charge < -0.3 is 14.2 Å². The van der Waals surface area contributed by atoms with Gasteiger partial charge in [-0.25, -0.2) is 0 Å². The van der Waals surface area contributed by atoms with Gasteiger partial charge in [0.1, 0.15) is 0 Å². The standard InChI is InChI=1S/C17H23BrO3/c1-3-5-15-16(10-4-2)11-19-17(21-15,20-12-16)13-6-8-14(18)9-7-13/h6-9,15H,3-5,10-12H2,1-2H3. The monoisotopic (exact) mass is 354 g/mol. The van der Waals surface area contributed by atoms with Crippen LogP contribution in [-0.2, 0) is 20.2 Å². The van der Waals surface area contributed by atoms with E-state index in [0.29, 0.717) is 0 Å². The molecule has 2 bridgehead atoms. The molecule has 3 nitrogen and oxygen atoms in total. The molecule has 1 aromatic rings. The van der Waals surface area contributed by atoms with E-state index in [1.54, 1.807) is 0 Å². The summed E-state index contributed by atoms with van der Waals surface area (Å²) in [7, 11) is 0. The number of rotatable bonds is 5. The molecule has 3 saturated heterocycles. The second kappa shape index (κ2) is 5.99.